The van der Waals surface area contributed by atoms with Gasteiger partial charge in [0, 0.05) is 17.7 Å². The molecular formula is C69H133NO10Si. The van der Waals surface area contributed by atoms with Crippen LogP contribution in [-0.2, 0) is 47.3 Å². The van der Waals surface area contributed by atoms with Crippen molar-refractivity contribution in [2.45, 2.75) is 374 Å². The number of hydrogen-bond donors (Lipinski definition) is 1. The standard InChI is InChI=1S/C69H133NO10Si/c1-12-16-18-20-22-24-26-28-30-32-34-36-38-40-42-44-55-78-65(73)62(66(74)79-56-45-43-41-39-37-35-33-31-29-27-25-23-21-19-17-13-2)50-47-52-69(80-81(9,10)11,51-46-49-61(63(71)75-15-4)64(72)77-54-14-3)53-48-57-76-60-58-67(5,6)70-68(7,8)59-60/h60-62,70H,12-59H2,1-11H3. The van der Waals surface area contributed by atoms with Gasteiger partial charge in [-0.1, -0.05) is 213 Å². The van der Waals surface area contributed by atoms with E-state index in [2.05, 4.69) is 66.5 Å². The molecule has 0 amide bonds. The number of hydrogen-bond acceptors (Lipinski definition) is 11. The zero-order chi connectivity index (χ0) is 59.9. The fourth-order valence-corrected chi connectivity index (χ4v) is 14.1. The van der Waals surface area contributed by atoms with Gasteiger partial charge in [-0.25, -0.2) is 0 Å². The summed E-state index contributed by atoms with van der Waals surface area (Å²) in [6, 6.07) is 0. The van der Waals surface area contributed by atoms with Crippen molar-refractivity contribution < 1.29 is 47.3 Å². The molecule has 1 heterocycles. The minimum Gasteiger partial charge on any atom is -0.465 e. The van der Waals surface area contributed by atoms with E-state index in [0.717, 1.165) is 57.8 Å². The minimum absolute atomic E-state index is 0.0405. The molecule has 0 radical (unpaired) electrons. The van der Waals surface area contributed by atoms with E-state index in [-0.39, 0.29) is 43.2 Å². The van der Waals surface area contributed by atoms with Crippen molar-refractivity contribution in [1.29, 1.82) is 0 Å². The van der Waals surface area contributed by atoms with Crippen LogP contribution in [0.4, 0.5) is 0 Å². The van der Waals surface area contributed by atoms with E-state index in [1.807, 2.05) is 6.92 Å². The molecule has 1 rings (SSSR count). The summed E-state index contributed by atoms with van der Waals surface area (Å²) in [5.41, 5.74) is -0.727. The molecule has 0 aromatic rings. The van der Waals surface area contributed by atoms with Gasteiger partial charge in [0.25, 0.3) is 0 Å². The molecule has 12 heteroatoms. The smallest absolute Gasteiger partial charge is 0.320 e. The fraction of sp³-hybridized carbons (Fsp3) is 0.942. The number of esters is 4. The Labute approximate surface area is 501 Å². The lowest BCUT2D eigenvalue weighted by Gasteiger charge is -2.46. The largest absolute Gasteiger partial charge is 0.465 e. The number of ether oxygens (including phenoxy) is 5. The molecule has 478 valence electrons. The Morgan fingerprint density at radius 1 is 0.407 bits per heavy atom. The average molecular weight is 1160 g/mol. The number of carbonyl (C=O) groups excluding carboxylic acids is 4. The van der Waals surface area contributed by atoms with Crippen molar-refractivity contribution in [3.63, 3.8) is 0 Å². The molecule has 0 aromatic heterocycles. The number of unbranched alkanes of at least 4 members (excludes halogenated alkanes) is 30. The third-order valence-corrected chi connectivity index (χ3v) is 17.5. The van der Waals surface area contributed by atoms with Crippen LogP contribution >= 0.6 is 0 Å². The van der Waals surface area contributed by atoms with Crippen LogP contribution in [0.5, 0.6) is 0 Å². The molecule has 0 aromatic carbocycles. The Morgan fingerprint density at radius 2 is 0.716 bits per heavy atom. The van der Waals surface area contributed by atoms with Crippen LogP contribution < -0.4 is 5.32 Å². The summed E-state index contributed by atoms with van der Waals surface area (Å²) in [5, 5.41) is 3.76. The molecule has 1 aliphatic heterocycles. The predicted molar refractivity (Wildman–Crippen MR) is 340 cm³/mol. The average Bonchev–Trinajstić information content (AvgIpc) is 3.41. The van der Waals surface area contributed by atoms with Crippen molar-refractivity contribution in [2.75, 3.05) is 33.0 Å². The molecule has 2 unspecified atom stereocenters. The van der Waals surface area contributed by atoms with Crippen molar-refractivity contribution in [3.8, 4) is 0 Å². The Balaban J connectivity index is 3.05. The van der Waals surface area contributed by atoms with E-state index in [4.69, 9.17) is 28.1 Å². The third kappa shape index (κ3) is 42.4. The Kier molecular flexibility index (Phi) is 45.7. The van der Waals surface area contributed by atoms with E-state index in [1.54, 1.807) is 6.92 Å². The lowest BCUT2D eigenvalue weighted by Crippen LogP contribution is -2.59. The summed E-state index contributed by atoms with van der Waals surface area (Å²) < 4.78 is 36.6. The van der Waals surface area contributed by atoms with Crippen LogP contribution in [0.1, 0.15) is 331 Å². The lowest BCUT2D eigenvalue weighted by molar-refractivity contribution is -0.164. The number of piperidine rings is 1. The summed E-state index contributed by atoms with van der Waals surface area (Å²) in [5.74, 6) is -4.13. The lowest BCUT2D eigenvalue weighted by atomic mass is 9.81. The summed E-state index contributed by atoms with van der Waals surface area (Å²) >= 11 is 0. The van der Waals surface area contributed by atoms with Crippen LogP contribution in [0.25, 0.3) is 0 Å². The van der Waals surface area contributed by atoms with Gasteiger partial charge < -0.3 is 33.4 Å². The minimum atomic E-state index is -2.21. The van der Waals surface area contributed by atoms with Gasteiger partial charge in [0.1, 0.15) is 0 Å². The topological polar surface area (TPSA) is 136 Å². The van der Waals surface area contributed by atoms with Crippen LogP contribution in [-0.4, -0.2) is 88.0 Å². The third-order valence-electron chi connectivity index (χ3n) is 16.4. The maximum Gasteiger partial charge on any atom is 0.320 e. The summed E-state index contributed by atoms with van der Waals surface area (Å²) in [6.07, 6.45) is 47.5. The van der Waals surface area contributed by atoms with Crippen molar-refractivity contribution in [1.82, 2.24) is 5.32 Å². The van der Waals surface area contributed by atoms with Gasteiger partial charge in [-0.3, -0.25) is 19.2 Å². The molecule has 0 spiro atoms. The zero-order valence-corrected chi connectivity index (χ0v) is 56.3. The molecule has 1 saturated heterocycles. The second-order valence-electron chi connectivity index (χ2n) is 27.0. The highest BCUT2D eigenvalue weighted by atomic mass is 28.4. The summed E-state index contributed by atoms with van der Waals surface area (Å²) in [6.45, 7) is 25.3. The van der Waals surface area contributed by atoms with E-state index in [9.17, 15) is 19.2 Å². The summed E-state index contributed by atoms with van der Waals surface area (Å²) in [7, 11) is -2.21. The second-order valence-corrected chi connectivity index (χ2v) is 31.5. The maximum absolute atomic E-state index is 14.0. The molecule has 0 aliphatic carbocycles. The van der Waals surface area contributed by atoms with E-state index in [0.29, 0.717) is 58.3 Å². The Hall–Kier alpha value is -2.02. The molecule has 1 aliphatic rings. The molecule has 1 fully saturated rings. The van der Waals surface area contributed by atoms with Gasteiger partial charge >= 0.3 is 23.9 Å². The van der Waals surface area contributed by atoms with Gasteiger partial charge in [-0.15, -0.1) is 0 Å². The van der Waals surface area contributed by atoms with Crippen molar-refractivity contribution in [3.05, 3.63) is 0 Å². The first-order valence-corrected chi connectivity index (χ1v) is 38.0. The Morgan fingerprint density at radius 3 is 1.04 bits per heavy atom. The van der Waals surface area contributed by atoms with Crippen molar-refractivity contribution >= 4 is 32.2 Å². The predicted octanol–water partition coefficient (Wildman–Crippen LogP) is 19.4. The number of rotatable bonds is 56. The van der Waals surface area contributed by atoms with Gasteiger partial charge in [-0.2, -0.15) is 0 Å². The zero-order valence-electron chi connectivity index (χ0n) is 55.3. The normalized spacial score (nSPS) is 15.6. The number of nitrogens with one attached hydrogen (secondary N) is 1. The fourth-order valence-electron chi connectivity index (χ4n) is 12.5. The van der Waals surface area contributed by atoms with Gasteiger partial charge in [0.15, 0.2) is 20.2 Å². The molecule has 2 atom stereocenters. The summed E-state index contributed by atoms with van der Waals surface area (Å²) in [4.78, 5) is 54.4. The van der Waals surface area contributed by atoms with Gasteiger partial charge in [0.2, 0.25) is 0 Å². The highest BCUT2D eigenvalue weighted by Gasteiger charge is 2.40. The Bertz CT molecular complexity index is 1480. The second kappa shape index (κ2) is 48.1. The first-order valence-electron chi connectivity index (χ1n) is 34.6. The quantitative estimate of drug-likeness (QED) is 0.0205. The molecule has 81 heavy (non-hydrogen) atoms. The van der Waals surface area contributed by atoms with Gasteiger partial charge in [0.05, 0.1) is 38.1 Å². The molecule has 1 N–H and O–H groups in total. The molecular weight excluding hydrogens is 1030 g/mol. The highest BCUT2D eigenvalue weighted by Crippen LogP contribution is 2.37. The van der Waals surface area contributed by atoms with E-state index in [1.165, 1.54) is 167 Å². The first-order chi connectivity index (χ1) is 38.8. The van der Waals surface area contributed by atoms with Gasteiger partial charge in [-0.05, 0) is 138 Å². The monoisotopic (exact) mass is 1160 g/mol. The maximum atomic E-state index is 14.0. The van der Waals surface area contributed by atoms with Crippen LogP contribution in [0.3, 0.4) is 0 Å². The SMILES string of the molecule is CCCCCCCCCCCCCCCCCCOC(=O)C(CCCC(CCCOC1CC(C)(C)NC(C)(C)C1)(CCCC(C(=O)OCC)C(=O)OCCC)O[Si](C)(C)C)C(=O)OCCCCCCCCCCCCCCCCCC. The van der Waals surface area contributed by atoms with Crippen LogP contribution in [0, 0.1) is 11.8 Å². The first kappa shape index (κ1) is 77.0. The number of carbonyl (C=O) groups is 4. The molecule has 0 saturated carbocycles. The molecule has 0 bridgehead atoms. The highest BCUT2D eigenvalue weighted by molar-refractivity contribution is 6.69. The van der Waals surface area contributed by atoms with Crippen molar-refractivity contribution in [2.24, 2.45) is 11.8 Å². The van der Waals surface area contributed by atoms with Crippen LogP contribution in [0.15, 0.2) is 0 Å². The molecule has 11 nitrogen and oxygen atoms in total. The van der Waals surface area contributed by atoms with E-state index >= 15 is 0 Å². The van der Waals surface area contributed by atoms with E-state index < -0.39 is 49.6 Å². The van der Waals surface area contributed by atoms with Crippen LogP contribution in [0.2, 0.25) is 19.6 Å².